The van der Waals surface area contributed by atoms with Crippen LogP contribution in [0.1, 0.15) is 5.82 Å². The lowest BCUT2D eigenvalue weighted by Crippen LogP contribution is -2.00. The van der Waals surface area contributed by atoms with Crippen LogP contribution in [0.2, 0.25) is 0 Å². The first-order valence-corrected chi connectivity index (χ1v) is 5.98. The van der Waals surface area contributed by atoms with Gasteiger partial charge >= 0.3 is 0 Å². The molecule has 0 fully saturated rings. The van der Waals surface area contributed by atoms with E-state index in [1.54, 1.807) is 24.3 Å². The number of phenols is 1. The van der Waals surface area contributed by atoms with Gasteiger partial charge in [-0.25, -0.2) is 13.8 Å². The molecule has 0 aliphatic carbocycles. The zero-order chi connectivity index (χ0) is 14.1. The lowest BCUT2D eigenvalue weighted by molar-refractivity contribution is 0.475. The monoisotopic (exact) mass is 275 g/mol. The van der Waals surface area contributed by atoms with Gasteiger partial charge in [-0.1, -0.05) is 0 Å². The summed E-state index contributed by atoms with van der Waals surface area (Å²) < 4.78 is 26.2. The highest BCUT2D eigenvalue weighted by molar-refractivity contribution is 5.75. The molecule has 2 aromatic carbocycles. The highest BCUT2D eigenvalue weighted by Gasteiger charge is 2.08. The predicted octanol–water partition coefficient (Wildman–Crippen LogP) is 3.16. The third kappa shape index (κ3) is 2.40. The number of aromatic nitrogens is 2. The van der Waals surface area contributed by atoms with Gasteiger partial charge < -0.3 is 15.4 Å². The average molecular weight is 275 g/mol. The fraction of sp³-hybridized carbons (Fsp3) is 0.0714. The van der Waals surface area contributed by atoms with E-state index < -0.39 is 11.6 Å². The first-order chi connectivity index (χ1) is 9.61. The van der Waals surface area contributed by atoms with E-state index in [0.29, 0.717) is 23.4 Å². The Morgan fingerprint density at radius 1 is 1.10 bits per heavy atom. The molecule has 0 bridgehead atoms. The van der Waals surface area contributed by atoms with Gasteiger partial charge in [0.05, 0.1) is 17.6 Å². The van der Waals surface area contributed by atoms with Crippen molar-refractivity contribution >= 4 is 16.7 Å². The normalized spacial score (nSPS) is 10.9. The van der Waals surface area contributed by atoms with Crippen molar-refractivity contribution in [3.63, 3.8) is 0 Å². The molecule has 6 heteroatoms. The Bertz CT molecular complexity index is 714. The van der Waals surface area contributed by atoms with Gasteiger partial charge in [0.2, 0.25) is 0 Å². The molecule has 0 saturated carbocycles. The Morgan fingerprint density at radius 3 is 2.55 bits per heavy atom. The Kier molecular flexibility index (Phi) is 2.98. The third-order valence-electron chi connectivity index (χ3n) is 2.90. The van der Waals surface area contributed by atoms with Crippen LogP contribution >= 0.6 is 0 Å². The van der Waals surface area contributed by atoms with Crippen molar-refractivity contribution in [1.82, 2.24) is 9.97 Å². The molecule has 1 aromatic heterocycles. The molecule has 0 atom stereocenters. The van der Waals surface area contributed by atoms with Gasteiger partial charge in [-0.05, 0) is 24.3 Å². The van der Waals surface area contributed by atoms with Crippen LogP contribution in [-0.2, 0) is 6.54 Å². The molecule has 3 aromatic rings. The van der Waals surface area contributed by atoms with Crippen LogP contribution in [0, 0.1) is 11.6 Å². The molecule has 1 heterocycles. The summed E-state index contributed by atoms with van der Waals surface area (Å²) in [6, 6.07) is 8.71. The highest BCUT2D eigenvalue weighted by Crippen LogP contribution is 2.18. The number of phenolic OH excluding ortho intramolecular Hbond substituents is 1. The van der Waals surface area contributed by atoms with Crippen LogP contribution < -0.4 is 5.32 Å². The van der Waals surface area contributed by atoms with E-state index in [9.17, 15) is 13.9 Å². The molecule has 3 rings (SSSR count). The fourth-order valence-electron chi connectivity index (χ4n) is 1.91. The zero-order valence-electron chi connectivity index (χ0n) is 10.3. The third-order valence-corrected chi connectivity index (χ3v) is 2.90. The summed E-state index contributed by atoms with van der Waals surface area (Å²) in [6.45, 7) is 0.378. The number of aromatic amines is 1. The van der Waals surface area contributed by atoms with E-state index in [2.05, 4.69) is 15.3 Å². The minimum Gasteiger partial charge on any atom is -0.508 e. The van der Waals surface area contributed by atoms with E-state index in [0.717, 1.165) is 17.8 Å². The number of H-pyrrole nitrogens is 1. The zero-order valence-corrected chi connectivity index (χ0v) is 10.3. The van der Waals surface area contributed by atoms with Crippen molar-refractivity contribution in [2.24, 2.45) is 0 Å². The van der Waals surface area contributed by atoms with Gasteiger partial charge in [0.15, 0.2) is 11.6 Å². The second kappa shape index (κ2) is 4.80. The molecular weight excluding hydrogens is 264 g/mol. The van der Waals surface area contributed by atoms with Crippen molar-refractivity contribution in [3.05, 3.63) is 53.9 Å². The number of aromatic hydroxyl groups is 1. The number of hydrogen-bond donors (Lipinski definition) is 3. The van der Waals surface area contributed by atoms with Crippen molar-refractivity contribution < 1.29 is 13.9 Å². The van der Waals surface area contributed by atoms with Gasteiger partial charge in [-0.3, -0.25) is 0 Å². The van der Waals surface area contributed by atoms with Gasteiger partial charge in [0.25, 0.3) is 0 Å². The summed E-state index contributed by atoms with van der Waals surface area (Å²) in [5, 5.41) is 12.3. The second-order valence-corrected chi connectivity index (χ2v) is 4.37. The summed E-state index contributed by atoms with van der Waals surface area (Å²) in [6.07, 6.45) is 0. The van der Waals surface area contributed by atoms with E-state index in [-0.39, 0.29) is 5.75 Å². The standard InChI is InChI=1S/C14H11F2N3O/c15-10-5-12-13(6-11(10)16)19-14(18-12)7-17-8-1-3-9(20)4-2-8/h1-6,17,20H,7H2,(H,18,19). The SMILES string of the molecule is Oc1ccc(NCc2nc3cc(F)c(F)cc3[nH]2)cc1. The number of imidazole rings is 1. The second-order valence-electron chi connectivity index (χ2n) is 4.37. The minimum absolute atomic E-state index is 0.185. The highest BCUT2D eigenvalue weighted by atomic mass is 19.2. The maximum Gasteiger partial charge on any atom is 0.161 e. The molecule has 0 radical (unpaired) electrons. The molecule has 0 aliphatic rings. The predicted molar refractivity (Wildman–Crippen MR) is 71.4 cm³/mol. The van der Waals surface area contributed by atoms with Crippen molar-refractivity contribution in [2.75, 3.05) is 5.32 Å². The molecule has 0 unspecified atom stereocenters. The molecule has 0 saturated heterocycles. The van der Waals surface area contributed by atoms with Crippen LogP contribution in [-0.4, -0.2) is 15.1 Å². The summed E-state index contributed by atoms with van der Waals surface area (Å²) in [5.41, 5.74) is 1.64. The van der Waals surface area contributed by atoms with Gasteiger partial charge in [-0.15, -0.1) is 0 Å². The molecule has 102 valence electrons. The van der Waals surface area contributed by atoms with Gasteiger partial charge in [0.1, 0.15) is 11.6 Å². The topological polar surface area (TPSA) is 60.9 Å². The number of rotatable bonds is 3. The molecule has 0 amide bonds. The number of nitrogens with one attached hydrogen (secondary N) is 2. The molecular formula is C14H11F2N3O. The van der Waals surface area contributed by atoms with E-state index in [1.165, 1.54) is 0 Å². The summed E-state index contributed by atoms with van der Waals surface area (Å²) in [7, 11) is 0. The summed E-state index contributed by atoms with van der Waals surface area (Å²) in [5.74, 6) is -1.07. The molecule has 0 aliphatic heterocycles. The maximum atomic E-state index is 13.1. The first-order valence-electron chi connectivity index (χ1n) is 5.98. The van der Waals surface area contributed by atoms with Crippen molar-refractivity contribution in [2.45, 2.75) is 6.54 Å². The van der Waals surface area contributed by atoms with Crippen LogP contribution in [0.25, 0.3) is 11.0 Å². The van der Waals surface area contributed by atoms with Crippen LogP contribution in [0.3, 0.4) is 0 Å². The fourth-order valence-corrected chi connectivity index (χ4v) is 1.91. The lowest BCUT2D eigenvalue weighted by Gasteiger charge is -2.03. The molecule has 20 heavy (non-hydrogen) atoms. The van der Waals surface area contributed by atoms with E-state index >= 15 is 0 Å². The van der Waals surface area contributed by atoms with Crippen LogP contribution in [0.5, 0.6) is 5.75 Å². The van der Waals surface area contributed by atoms with Crippen LogP contribution in [0.15, 0.2) is 36.4 Å². The van der Waals surface area contributed by atoms with Gasteiger partial charge in [-0.2, -0.15) is 0 Å². The molecule has 4 nitrogen and oxygen atoms in total. The number of fused-ring (bicyclic) bond motifs is 1. The van der Waals surface area contributed by atoms with Gasteiger partial charge in [0, 0.05) is 17.8 Å². The molecule has 0 spiro atoms. The number of benzene rings is 2. The Morgan fingerprint density at radius 2 is 1.80 bits per heavy atom. The summed E-state index contributed by atoms with van der Waals surface area (Å²) >= 11 is 0. The van der Waals surface area contributed by atoms with E-state index in [1.807, 2.05) is 0 Å². The average Bonchev–Trinajstić information content (AvgIpc) is 2.80. The Hall–Kier alpha value is -2.63. The van der Waals surface area contributed by atoms with Crippen molar-refractivity contribution in [3.8, 4) is 5.75 Å². The number of nitrogens with zero attached hydrogens (tertiary/aromatic N) is 1. The smallest absolute Gasteiger partial charge is 0.161 e. The first kappa shape index (κ1) is 12.4. The van der Waals surface area contributed by atoms with Crippen LogP contribution in [0.4, 0.5) is 14.5 Å². The Balaban J connectivity index is 1.79. The Labute approximate surface area is 113 Å². The minimum atomic E-state index is -0.915. The van der Waals surface area contributed by atoms with E-state index in [4.69, 9.17) is 0 Å². The number of halogens is 2. The molecule has 3 N–H and O–H groups in total. The maximum absolute atomic E-state index is 13.1. The largest absolute Gasteiger partial charge is 0.508 e. The quantitative estimate of drug-likeness (QED) is 0.643. The lowest BCUT2D eigenvalue weighted by atomic mass is 10.3. The number of hydrogen-bond acceptors (Lipinski definition) is 3. The number of anilines is 1. The summed E-state index contributed by atoms with van der Waals surface area (Å²) in [4.78, 5) is 7.09. The van der Waals surface area contributed by atoms with Crippen molar-refractivity contribution in [1.29, 1.82) is 0 Å².